The SMILES string of the molecule is CCCCCNC[C@H](O)[C@H](Cc1ccccc1)N(C(=O)O)C(C)(C)C. The van der Waals surface area contributed by atoms with Gasteiger partial charge in [0, 0.05) is 12.1 Å². The van der Waals surface area contributed by atoms with E-state index in [0.29, 0.717) is 13.0 Å². The highest BCUT2D eigenvalue weighted by Crippen LogP contribution is 2.22. The second kappa shape index (κ2) is 10.4. The summed E-state index contributed by atoms with van der Waals surface area (Å²) in [4.78, 5) is 13.3. The number of carbonyl (C=O) groups is 1. The Labute approximate surface area is 152 Å². The summed E-state index contributed by atoms with van der Waals surface area (Å²) in [6, 6.07) is 9.24. The van der Waals surface area contributed by atoms with Crippen LogP contribution < -0.4 is 5.32 Å². The third kappa shape index (κ3) is 7.45. The summed E-state index contributed by atoms with van der Waals surface area (Å²) in [6.07, 6.45) is 2.09. The van der Waals surface area contributed by atoms with Gasteiger partial charge in [-0.3, -0.25) is 4.90 Å². The van der Waals surface area contributed by atoms with Crippen LogP contribution in [0, 0.1) is 0 Å². The molecule has 3 N–H and O–H groups in total. The van der Waals surface area contributed by atoms with Crippen LogP contribution in [0.1, 0.15) is 52.5 Å². The van der Waals surface area contributed by atoms with Crippen LogP contribution in [-0.2, 0) is 6.42 Å². The van der Waals surface area contributed by atoms with Gasteiger partial charge in [-0.15, -0.1) is 0 Å². The van der Waals surface area contributed by atoms with Gasteiger partial charge in [0.2, 0.25) is 0 Å². The first-order chi connectivity index (χ1) is 11.8. The molecule has 142 valence electrons. The van der Waals surface area contributed by atoms with E-state index in [0.717, 1.165) is 31.4 Å². The number of nitrogens with zero attached hydrogens (tertiary/aromatic N) is 1. The van der Waals surface area contributed by atoms with Crippen molar-refractivity contribution < 1.29 is 15.0 Å². The Balaban J connectivity index is 2.87. The van der Waals surface area contributed by atoms with Crippen molar-refractivity contribution in [1.29, 1.82) is 0 Å². The minimum Gasteiger partial charge on any atom is -0.465 e. The van der Waals surface area contributed by atoms with Gasteiger partial charge in [-0.1, -0.05) is 50.1 Å². The molecule has 0 fully saturated rings. The molecule has 5 heteroatoms. The molecular weight excluding hydrogens is 316 g/mol. The predicted molar refractivity (Wildman–Crippen MR) is 102 cm³/mol. The van der Waals surface area contributed by atoms with E-state index in [2.05, 4.69) is 12.2 Å². The number of carboxylic acid groups (broad SMARTS) is 1. The fourth-order valence-electron chi connectivity index (χ4n) is 3.07. The molecule has 0 aliphatic heterocycles. The van der Waals surface area contributed by atoms with Gasteiger partial charge in [-0.2, -0.15) is 0 Å². The van der Waals surface area contributed by atoms with E-state index in [1.54, 1.807) is 0 Å². The lowest BCUT2D eigenvalue weighted by Crippen LogP contribution is -2.58. The maximum Gasteiger partial charge on any atom is 0.408 e. The highest BCUT2D eigenvalue weighted by molar-refractivity contribution is 5.66. The minimum atomic E-state index is -1.00. The summed E-state index contributed by atoms with van der Waals surface area (Å²) >= 11 is 0. The van der Waals surface area contributed by atoms with Gasteiger partial charge in [0.25, 0.3) is 0 Å². The van der Waals surface area contributed by atoms with Crippen molar-refractivity contribution in [2.24, 2.45) is 0 Å². The lowest BCUT2D eigenvalue weighted by atomic mass is 9.94. The summed E-state index contributed by atoms with van der Waals surface area (Å²) < 4.78 is 0. The molecule has 0 aromatic heterocycles. The second-order valence-corrected chi connectivity index (χ2v) is 7.56. The van der Waals surface area contributed by atoms with Crippen LogP contribution in [0.15, 0.2) is 30.3 Å². The summed E-state index contributed by atoms with van der Waals surface area (Å²) in [5, 5.41) is 23.7. The quantitative estimate of drug-likeness (QED) is 0.565. The van der Waals surface area contributed by atoms with Crippen molar-refractivity contribution in [3.05, 3.63) is 35.9 Å². The first kappa shape index (κ1) is 21.5. The Morgan fingerprint density at radius 1 is 1.20 bits per heavy atom. The van der Waals surface area contributed by atoms with E-state index in [-0.39, 0.29) is 0 Å². The number of benzene rings is 1. The Hall–Kier alpha value is -1.59. The maximum absolute atomic E-state index is 11.9. The monoisotopic (exact) mass is 350 g/mol. The van der Waals surface area contributed by atoms with Gasteiger partial charge in [0.05, 0.1) is 12.1 Å². The van der Waals surface area contributed by atoms with Crippen LogP contribution in [0.2, 0.25) is 0 Å². The molecule has 1 amide bonds. The molecule has 5 nitrogen and oxygen atoms in total. The first-order valence-electron chi connectivity index (χ1n) is 9.22. The number of unbranched alkanes of at least 4 members (excludes halogenated alkanes) is 2. The molecule has 0 heterocycles. The van der Waals surface area contributed by atoms with Gasteiger partial charge in [0.15, 0.2) is 0 Å². The van der Waals surface area contributed by atoms with Crippen molar-refractivity contribution in [2.75, 3.05) is 13.1 Å². The topological polar surface area (TPSA) is 72.8 Å². The Morgan fingerprint density at radius 3 is 2.36 bits per heavy atom. The molecule has 1 aromatic carbocycles. The van der Waals surface area contributed by atoms with Crippen LogP contribution in [0.25, 0.3) is 0 Å². The third-order valence-corrected chi connectivity index (χ3v) is 4.30. The van der Waals surface area contributed by atoms with Crippen molar-refractivity contribution in [2.45, 2.75) is 71.1 Å². The normalized spacial score (nSPS) is 14.1. The van der Waals surface area contributed by atoms with Gasteiger partial charge in [-0.25, -0.2) is 4.79 Å². The van der Waals surface area contributed by atoms with Crippen LogP contribution in [-0.4, -0.2) is 52.0 Å². The summed E-state index contributed by atoms with van der Waals surface area (Å²) in [5.74, 6) is 0. The Morgan fingerprint density at radius 2 is 1.84 bits per heavy atom. The number of nitrogens with one attached hydrogen (secondary N) is 1. The highest BCUT2D eigenvalue weighted by Gasteiger charge is 2.37. The van der Waals surface area contributed by atoms with E-state index in [4.69, 9.17) is 0 Å². The molecule has 0 spiro atoms. The van der Waals surface area contributed by atoms with Crippen LogP contribution in [0.4, 0.5) is 4.79 Å². The molecule has 2 atom stereocenters. The average molecular weight is 351 g/mol. The third-order valence-electron chi connectivity index (χ3n) is 4.30. The second-order valence-electron chi connectivity index (χ2n) is 7.56. The Bertz CT molecular complexity index is 499. The van der Waals surface area contributed by atoms with E-state index in [1.807, 2.05) is 51.1 Å². The van der Waals surface area contributed by atoms with Crippen LogP contribution >= 0.6 is 0 Å². The van der Waals surface area contributed by atoms with Crippen LogP contribution in [0.3, 0.4) is 0 Å². The van der Waals surface area contributed by atoms with Crippen molar-refractivity contribution in [3.8, 4) is 0 Å². The lowest BCUT2D eigenvalue weighted by molar-refractivity contribution is 0.00786. The van der Waals surface area contributed by atoms with Crippen LogP contribution in [0.5, 0.6) is 0 Å². The molecule has 0 saturated carbocycles. The van der Waals surface area contributed by atoms with Gasteiger partial charge >= 0.3 is 6.09 Å². The van der Waals surface area contributed by atoms with Gasteiger partial charge in [0.1, 0.15) is 0 Å². The number of rotatable bonds is 10. The van der Waals surface area contributed by atoms with E-state index < -0.39 is 23.8 Å². The minimum absolute atomic E-state index is 0.390. The standard InChI is InChI=1S/C20H34N2O3/c1-5-6-10-13-21-15-18(23)17(14-16-11-8-7-9-12-16)22(19(24)25)20(2,3)4/h7-9,11-12,17-18,21,23H,5-6,10,13-15H2,1-4H3,(H,24,25)/t17-,18-/m0/s1. The van der Waals surface area contributed by atoms with E-state index in [1.165, 1.54) is 4.90 Å². The highest BCUT2D eigenvalue weighted by atomic mass is 16.4. The summed E-state index contributed by atoms with van der Waals surface area (Å²) in [6.45, 7) is 8.97. The Kier molecular flexibility index (Phi) is 8.93. The fraction of sp³-hybridized carbons (Fsp3) is 0.650. The predicted octanol–water partition coefficient (Wildman–Crippen LogP) is 3.52. The molecule has 0 saturated heterocycles. The molecule has 1 rings (SSSR count). The van der Waals surface area contributed by atoms with E-state index >= 15 is 0 Å². The van der Waals surface area contributed by atoms with E-state index in [9.17, 15) is 15.0 Å². The fourth-order valence-corrected chi connectivity index (χ4v) is 3.07. The number of hydrogen-bond donors (Lipinski definition) is 3. The molecule has 1 aromatic rings. The summed E-state index contributed by atoms with van der Waals surface area (Å²) in [5.41, 5.74) is 0.433. The molecule has 0 radical (unpaired) electrons. The van der Waals surface area contributed by atoms with Gasteiger partial charge in [-0.05, 0) is 45.7 Å². The van der Waals surface area contributed by atoms with Crippen molar-refractivity contribution >= 4 is 6.09 Å². The zero-order chi connectivity index (χ0) is 18.9. The average Bonchev–Trinajstić information content (AvgIpc) is 2.53. The van der Waals surface area contributed by atoms with Gasteiger partial charge < -0.3 is 15.5 Å². The lowest BCUT2D eigenvalue weighted by Gasteiger charge is -2.42. The molecule has 0 aliphatic rings. The molecule has 25 heavy (non-hydrogen) atoms. The molecule has 0 aliphatic carbocycles. The zero-order valence-corrected chi connectivity index (χ0v) is 16.0. The smallest absolute Gasteiger partial charge is 0.408 e. The van der Waals surface area contributed by atoms with Crippen molar-refractivity contribution in [1.82, 2.24) is 10.2 Å². The molecule has 0 bridgehead atoms. The number of hydrogen-bond acceptors (Lipinski definition) is 3. The number of aliphatic hydroxyl groups excluding tert-OH is 1. The number of amides is 1. The summed E-state index contributed by atoms with van der Waals surface area (Å²) in [7, 11) is 0. The zero-order valence-electron chi connectivity index (χ0n) is 16.0. The first-order valence-corrected chi connectivity index (χ1v) is 9.22. The largest absolute Gasteiger partial charge is 0.465 e. The molecular formula is C20H34N2O3. The maximum atomic E-state index is 11.9. The molecule has 0 unspecified atom stereocenters. The number of aliphatic hydroxyl groups is 1. The van der Waals surface area contributed by atoms with Crippen molar-refractivity contribution in [3.63, 3.8) is 0 Å².